The molecule has 0 saturated carbocycles. The number of aromatic nitrogens is 1. The Balaban J connectivity index is 1.73. The summed E-state index contributed by atoms with van der Waals surface area (Å²) in [5.74, 6) is 0. The third-order valence-electron chi connectivity index (χ3n) is 5.51. The van der Waals surface area contributed by atoms with Crippen LogP contribution in [0, 0.1) is 0 Å². The highest BCUT2D eigenvalue weighted by Crippen LogP contribution is 2.50. The molecule has 0 radical (unpaired) electrons. The van der Waals surface area contributed by atoms with Crippen molar-refractivity contribution < 1.29 is 0 Å². The topological polar surface area (TPSA) is 15.8 Å². The summed E-state index contributed by atoms with van der Waals surface area (Å²) < 4.78 is 5.60. The molecule has 28 heavy (non-hydrogen) atoms. The maximum absolute atomic E-state index is 3.72. The van der Waals surface area contributed by atoms with Crippen molar-refractivity contribution in [1.29, 1.82) is 0 Å². The van der Waals surface area contributed by atoms with Gasteiger partial charge in [-0.15, -0.1) is 34.0 Å². The molecule has 0 aliphatic heterocycles. The average molecular weight is 412 g/mol. The second-order valence-electron chi connectivity index (χ2n) is 7.06. The molecule has 7 rings (SSSR count). The molecule has 7 aromatic rings. The van der Waals surface area contributed by atoms with E-state index < -0.39 is 0 Å². The van der Waals surface area contributed by atoms with Gasteiger partial charge in [0.2, 0.25) is 0 Å². The summed E-state index contributed by atoms with van der Waals surface area (Å²) in [5, 5.41) is 7.73. The maximum Gasteiger partial charge on any atom is 0.0669 e. The lowest BCUT2D eigenvalue weighted by atomic mass is 10.1. The van der Waals surface area contributed by atoms with Crippen LogP contribution in [0.25, 0.3) is 61.8 Å². The largest absolute Gasteiger partial charge is 0.353 e. The highest BCUT2D eigenvalue weighted by atomic mass is 32.1. The Morgan fingerprint density at radius 1 is 0.643 bits per heavy atom. The third kappa shape index (κ3) is 1.90. The van der Waals surface area contributed by atoms with Gasteiger partial charge in [-0.25, -0.2) is 0 Å². The van der Waals surface area contributed by atoms with Gasteiger partial charge in [-0.05, 0) is 29.1 Å². The number of aromatic amines is 1. The summed E-state index contributed by atoms with van der Waals surface area (Å²) in [4.78, 5) is 5.06. The van der Waals surface area contributed by atoms with Crippen molar-refractivity contribution in [3.8, 4) is 10.4 Å². The van der Waals surface area contributed by atoms with E-state index in [0.717, 1.165) is 0 Å². The molecule has 4 heteroatoms. The number of fused-ring (bicyclic) bond motifs is 10. The minimum absolute atomic E-state index is 1.23. The first-order chi connectivity index (χ1) is 13.9. The molecule has 3 aromatic carbocycles. The Morgan fingerprint density at radius 3 is 2.39 bits per heavy atom. The van der Waals surface area contributed by atoms with Gasteiger partial charge in [0.1, 0.15) is 0 Å². The molecule has 0 aliphatic carbocycles. The van der Waals surface area contributed by atoms with Crippen LogP contribution in [0.1, 0.15) is 0 Å². The summed E-state index contributed by atoms with van der Waals surface area (Å²) in [6.07, 6.45) is 0. The molecule has 0 amide bonds. The van der Waals surface area contributed by atoms with Crippen LogP contribution in [0.2, 0.25) is 0 Å². The van der Waals surface area contributed by atoms with Gasteiger partial charge in [-0.3, -0.25) is 0 Å². The quantitative estimate of drug-likeness (QED) is 0.278. The van der Waals surface area contributed by atoms with E-state index in [1.807, 2.05) is 34.0 Å². The lowest BCUT2D eigenvalue weighted by Crippen LogP contribution is -1.71. The van der Waals surface area contributed by atoms with E-state index in [1.165, 1.54) is 61.8 Å². The molecule has 132 valence electrons. The highest BCUT2D eigenvalue weighted by Gasteiger charge is 2.20. The summed E-state index contributed by atoms with van der Waals surface area (Å²) in [6.45, 7) is 0. The van der Waals surface area contributed by atoms with Crippen LogP contribution in [0.3, 0.4) is 0 Å². The number of hydrogen-bond acceptors (Lipinski definition) is 3. The molecular weight excluding hydrogens is 398 g/mol. The van der Waals surface area contributed by atoms with Crippen molar-refractivity contribution in [3.05, 3.63) is 72.1 Å². The number of para-hydroxylation sites is 1. The Kier molecular flexibility index (Phi) is 2.97. The Labute approximate surface area is 172 Å². The molecule has 0 atom stereocenters. The molecule has 1 N–H and O–H groups in total. The molecule has 4 heterocycles. The van der Waals surface area contributed by atoms with E-state index in [9.17, 15) is 0 Å². The van der Waals surface area contributed by atoms with Gasteiger partial charge in [0.25, 0.3) is 0 Å². The van der Waals surface area contributed by atoms with Crippen molar-refractivity contribution in [2.45, 2.75) is 0 Å². The van der Waals surface area contributed by atoms with Gasteiger partial charge in [0.15, 0.2) is 0 Å². The summed E-state index contributed by atoms with van der Waals surface area (Å²) in [6, 6.07) is 24.1. The van der Waals surface area contributed by atoms with Gasteiger partial charge in [-0.1, -0.05) is 48.5 Å². The fraction of sp³-hybridized carbons (Fsp3) is 0. The zero-order valence-corrected chi connectivity index (χ0v) is 17.1. The van der Waals surface area contributed by atoms with Crippen LogP contribution in [0.4, 0.5) is 0 Å². The van der Waals surface area contributed by atoms with Crippen LogP contribution in [0.15, 0.2) is 72.1 Å². The average Bonchev–Trinajstić information content (AvgIpc) is 3.48. The summed E-state index contributed by atoms with van der Waals surface area (Å²) >= 11 is 5.71. The minimum Gasteiger partial charge on any atom is -0.353 e. The second-order valence-corrected chi connectivity index (χ2v) is 10.1. The Hall–Kier alpha value is -2.66. The molecule has 4 aromatic heterocycles. The van der Waals surface area contributed by atoms with Gasteiger partial charge < -0.3 is 4.98 Å². The van der Waals surface area contributed by atoms with Gasteiger partial charge in [0.05, 0.1) is 10.2 Å². The van der Waals surface area contributed by atoms with E-state index in [-0.39, 0.29) is 0 Å². The maximum atomic E-state index is 3.72. The van der Waals surface area contributed by atoms with Crippen LogP contribution in [-0.2, 0) is 0 Å². The lowest BCUT2D eigenvalue weighted by Gasteiger charge is -1.98. The first-order valence-electron chi connectivity index (χ1n) is 9.19. The monoisotopic (exact) mass is 411 g/mol. The van der Waals surface area contributed by atoms with Crippen molar-refractivity contribution in [1.82, 2.24) is 4.98 Å². The first-order valence-corrected chi connectivity index (χ1v) is 11.7. The standard InChI is InChI=1S/C24H13NS3/c1-2-6-13(7-3-1)18-12-16-21-15(10-11-26-21)22-19(23(16)27-18)20-24(28-22)14-8-4-5-9-17(14)25-20/h1-12,25H. The SMILES string of the molecule is c1ccc(-c2cc3c4sccc4c4sc5c6ccccc6[nH]c5c4c3s2)cc1. The number of rotatable bonds is 1. The Morgan fingerprint density at radius 2 is 1.46 bits per heavy atom. The number of hydrogen-bond donors (Lipinski definition) is 1. The molecule has 0 saturated heterocycles. The van der Waals surface area contributed by atoms with Crippen LogP contribution in [0.5, 0.6) is 0 Å². The fourth-order valence-electron chi connectivity index (χ4n) is 4.26. The number of benzene rings is 3. The molecule has 0 spiro atoms. The van der Waals surface area contributed by atoms with E-state index in [4.69, 9.17) is 0 Å². The summed E-state index contributed by atoms with van der Waals surface area (Å²) in [7, 11) is 0. The van der Waals surface area contributed by atoms with Gasteiger partial charge in [0, 0.05) is 46.0 Å². The van der Waals surface area contributed by atoms with Crippen LogP contribution < -0.4 is 0 Å². The number of H-pyrrole nitrogens is 1. The zero-order chi connectivity index (χ0) is 18.2. The third-order valence-corrected chi connectivity index (χ3v) is 8.92. The number of nitrogens with one attached hydrogen (secondary N) is 1. The van der Waals surface area contributed by atoms with E-state index in [2.05, 4.69) is 77.1 Å². The molecule has 0 aliphatic rings. The van der Waals surface area contributed by atoms with Crippen molar-refractivity contribution in [2.24, 2.45) is 0 Å². The van der Waals surface area contributed by atoms with E-state index >= 15 is 0 Å². The normalized spacial score (nSPS) is 12.3. The van der Waals surface area contributed by atoms with Crippen molar-refractivity contribution in [2.75, 3.05) is 0 Å². The molecule has 1 nitrogen and oxygen atoms in total. The van der Waals surface area contributed by atoms with Crippen LogP contribution >= 0.6 is 34.0 Å². The van der Waals surface area contributed by atoms with Gasteiger partial charge in [-0.2, -0.15) is 0 Å². The van der Waals surface area contributed by atoms with Gasteiger partial charge >= 0.3 is 0 Å². The smallest absolute Gasteiger partial charge is 0.0669 e. The molecular formula is C24H13NS3. The first kappa shape index (κ1) is 15.3. The fourth-order valence-corrected chi connectivity index (χ4v) is 7.94. The van der Waals surface area contributed by atoms with E-state index in [0.29, 0.717) is 0 Å². The van der Waals surface area contributed by atoms with Crippen molar-refractivity contribution in [3.63, 3.8) is 0 Å². The highest BCUT2D eigenvalue weighted by molar-refractivity contribution is 7.31. The minimum atomic E-state index is 1.23. The molecule has 0 bridgehead atoms. The second kappa shape index (κ2) is 5.45. The predicted molar refractivity (Wildman–Crippen MR) is 127 cm³/mol. The zero-order valence-electron chi connectivity index (χ0n) is 14.7. The number of thiophene rings is 3. The van der Waals surface area contributed by atoms with E-state index in [1.54, 1.807) is 0 Å². The summed E-state index contributed by atoms with van der Waals surface area (Å²) in [5.41, 5.74) is 3.81. The molecule has 0 unspecified atom stereocenters. The van der Waals surface area contributed by atoms with Crippen molar-refractivity contribution >= 4 is 85.4 Å². The predicted octanol–water partition coefficient (Wildman–Crippen LogP) is 8.63. The van der Waals surface area contributed by atoms with Crippen LogP contribution in [-0.4, -0.2) is 4.98 Å². The Bertz CT molecular complexity index is 1660. The molecule has 0 fully saturated rings. The lowest BCUT2D eigenvalue weighted by molar-refractivity contribution is 1.57.